The zero-order chi connectivity index (χ0) is 14.8. The zero-order valence-corrected chi connectivity index (χ0v) is 11.5. The summed E-state index contributed by atoms with van der Waals surface area (Å²) in [5.74, 6) is 0. The Bertz CT molecular complexity index is 587. The minimum absolute atomic E-state index is 0.139. The van der Waals surface area contributed by atoms with Crippen molar-refractivity contribution < 1.29 is 18.3 Å². The van der Waals surface area contributed by atoms with Crippen molar-refractivity contribution in [2.75, 3.05) is 0 Å². The van der Waals surface area contributed by atoms with Gasteiger partial charge in [-0.25, -0.2) is 0 Å². The minimum Gasteiger partial charge on any atom is -0.372 e. The summed E-state index contributed by atoms with van der Waals surface area (Å²) in [6, 6.07) is 11.4. The van der Waals surface area contributed by atoms with Crippen LogP contribution in [0.2, 0.25) is 0 Å². The first-order valence-corrected chi connectivity index (χ1v) is 6.80. The van der Waals surface area contributed by atoms with Gasteiger partial charge in [0.2, 0.25) is 5.60 Å². The third-order valence-corrected chi connectivity index (χ3v) is 3.98. The predicted molar refractivity (Wildman–Crippen MR) is 74.4 cm³/mol. The van der Waals surface area contributed by atoms with Crippen LogP contribution in [0.4, 0.5) is 13.2 Å². The number of benzene rings is 1. The number of thiophene rings is 1. The highest BCUT2D eigenvalue weighted by atomic mass is 32.1. The molecule has 20 heavy (non-hydrogen) atoms. The molecular formula is C15H13F3OS. The Hall–Kier alpha value is -1.59. The lowest BCUT2D eigenvalue weighted by molar-refractivity contribution is -0.243. The van der Waals surface area contributed by atoms with Crippen LogP contribution >= 0.6 is 11.3 Å². The maximum absolute atomic E-state index is 13.3. The van der Waals surface area contributed by atoms with E-state index in [9.17, 15) is 18.3 Å². The molecule has 2 aromatic rings. The first-order chi connectivity index (χ1) is 9.34. The van der Waals surface area contributed by atoms with Gasteiger partial charge in [-0.2, -0.15) is 13.2 Å². The van der Waals surface area contributed by atoms with Crippen LogP contribution in [0.3, 0.4) is 0 Å². The summed E-state index contributed by atoms with van der Waals surface area (Å²) >= 11 is 0.879. The maximum atomic E-state index is 13.3. The van der Waals surface area contributed by atoms with E-state index in [1.807, 2.05) is 0 Å². The Morgan fingerprint density at radius 2 is 1.75 bits per heavy atom. The molecule has 1 unspecified atom stereocenters. The summed E-state index contributed by atoms with van der Waals surface area (Å²) in [6.45, 7) is 1.56. The van der Waals surface area contributed by atoms with Crippen LogP contribution in [0, 0.1) is 0 Å². The lowest BCUT2D eigenvalue weighted by Gasteiger charge is -2.27. The Morgan fingerprint density at radius 3 is 2.25 bits per heavy atom. The fourth-order valence-electron chi connectivity index (χ4n) is 1.89. The lowest BCUT2D eigenvalue weighted by Crippen LogP contribution is -2.40. The molecule has 0 aliphatic heterocycles. The summed E-state index contributed by atoms with van der Waals surface area (Å²) in [5, 5.41) is 11.7. The van der Waals surface area contributed by atoms with Crippen molar-refractivity contribution >= 4 is 16.9 Å². The van der Waals surface area contributed by atoms with Crippen molar-refractivity contribution in [2.24, 2.45) is 0 Å². The molecule has 1 atom stereocenters. The van der Waals surface area contributed by atoms with Crippen LogP contribution in [0.5, 0.6) is 0 Å². The predicted octanol–water partition coefficient (Wildman–Crippen LogP) is 4.60. The quantitative estimate of drug-likeness (QED) is 0.878. The number of halogens is 3. The second-order valence-electron chi connectivity index (χ2n) is 4.43. The van der Waals surface area contributed by atoms with Crippen LogP contribution in [-0.4, -0.2) is 11.3 Å². The highest BCUT2D eigenvalue weighted by Crippen LogP contribution is 2.43. The van der Waals surface area contributed by atoms with E-state index in [1.54, 1.807) is 37.3 Å². The number of hydrogen-bond acceptors (Lipinski definition) is 2. The first-order valence-electron chi connectivity index (χ1n) is 5.92. The van der Waals surface area contributed by atoms with E-state index in [-0.39, 0.29) is 4.88 Å². The van der Waals surface area contributed by atoms with Crippen molar-refractivity contribution in [1.82, 2.24) is 0 Å². The van der Waals surface area contributed by atoms with Crippen molar-refractivity contribution in [3.63, 3.8) is 0 Å². The Morgan fingerprint density at radius 1 is 1.10 bits per heavy atom. The summed E-state index contributed by atoms with van der Waals surface area (Å²) in [6.07, 6.45) is -3.90. The third-order valence-electron chi connectivity index (χ3n) is 2.98. The van der Waals surface area contributed by atoms with Crippen LogP contribution < -0.4 is 0 Å². The van der Waals surface area contributed by atoms with Gasteiger partial charge in [-0.05, 0) is 35.6 Å². The van der Waals surface area contributed by atoms with E-state index < -0.39 is 11.8 Å². The second kappa shape index (κ2) is 5.42. The van der Waals surface area contributed by atoms with Crippen LogP contribution in [0.1, 0.15) is 17.4 Å². The van der Waals surface area contributed by atoms with Gasteiger partial charge in [0.05, 0.1) is 0 Å². The molecule has 0 fully saturated rings. The van der Waals surface area contributed by atoms with Crippen LogP contribution in [0.15, 0.2) is 53.9 Å². The molecule has 0 aliphatic carbocycles. The van der Waals surface area contributed by atoms with Gasteiger partial charge in [-0.15, -0.1) is 11.3 Å². The summed E-state index contributed by atoms with van der Waals surface area (Å²) < 4.78 is 39.8. The van der Waals surface area contributed by atoms with Gasteiger partial charge in [0.25, 0.3) is 0 Å². The largest absolute Gasteiger partial charge is 0.425 e. The Kier molecular flexibility index (Phi) is 4.01. The average Bonchev–Trinajstić information content (AvgIpc) is 2.92. The highest BCUT2D eigenvalue weighted by Gasteiger charge is 2.54. The Labute approximate surface area is 119 Å². The molecule has 0 saturated heterocycles. The van der Waals surface area contributed by atoms with E-state index >= 15 is 0 Å². The van der Waals surface area contributed by atoms with Gasteiger partial charge < -0.3 is 5.11 Å². The number of rotatable bonds is 3. The molecule has 0 bridgehead atoms. The zero-order valence-electron chi connectivity index (χ0n) is 10.7. The molecule has 1 aromatic heterocycles. The summed E-state index contributed by atoms with van der Waals surface area (Å²) in [7, 11) is 0. The molecular weight excluding hydrogens is 285 g/mol. The molecule has 106 valence electrons. The van der Waals surface area contributed by atoms with E-state index in [1.165, 1.54) is 17.5 Å². The molecule has 1 aromatic carbocycles. The van der Waals surface area contributed by atoms with Crippen molar-refractivity contribution in [1.29, 1.82) is 0 Å². The van der Waals surface area contributed by atoms with E-state index in [0.717, 1.165) is 17.4 Å². The smallest absolute Gasteiger partial charge is 0.372 e. The average molecular weight is 298 g/mol. The number of hydrogen-bond donors (Lipinski definition) is 1. The van der Waals surface area contributed by atoms with Gasteiger partial charge in [0.15, 0.2) is 0 Å². The molecule has 0 radical (unpaired) electrons. The van der Waals surface area contributed by atoms with Crippen molar-refractivity contribution in [3.05, 3.63) is 64.4 Å². The van der Waals surface area contributed by atoms with Gasteiger partial charge in [0, 0.05) is 4.88 Å². The summed E-state index contributed by atoms with van der Waals surface area (Å²) in [5.41, 5.74) is -1.94. The third kappa shape index (κ3) is 2.78. The van der Waals surface area contributed by atoms with Gasteiger partial charge >= 0.3 is 6.18 Å². The molecule has 1 nitrogen and oxygen atoms in total. The van der Waals surface area contributed by atoms with Crippen molar-refractivity contribution in [3.8, 4) is 0 Å². The first kappa shape index (κ1) is 14.8. The maximum Gasteiger partial charge on any atom is 0.425 e. The fraction of sp³-hybridized carbons (Fsp3) is 0.200. The Balaban J connectivity index is 2.50. The standard InChI is InChI=1S/C15H13F3OS/c1-11(12-6-3-2-4-7-12)10-14(19,15(16,17)18)13-8-5-9-20-13/h2-10,19H,1H3. The minimum atomic E-state index is -4.77. The monoisotopic (exact) mass is 298 g/mol. The van der Waals surface area contributed by atoms with Gasteiger partial charge in [-0.3, -0.25) is 0 Å². The van der Waals surface area contributed by atoms with Crippen LogP contribution in [0.25, 0.3) is 5.57 Å². The number of aliphatic hydroxyl groups is 1. The topological polar surface area (TPSA) is 20.2 Å². The lowest BCUT2D eigenvalue weighted by atomic mass is 9.95. The number of allylic oxidation sites excluding steroid dienone is 1. The molecule has 0 saturated carbocycles. The molecule has 1 N–H and O–H groups in total. The fourth-order valence-corrected chi connectivity index (χ4v) is 2.70. The van der Waals surface area contributed by atoms with E-state index in [2.05, 4.69) is 0 Å². The normalized spacial score (nSPS) is 15.9. The highest BCUT2D eigenvalue weighted by molar-refractivity contribution is 7.10. The number of alkyl halides is 3. The van der Waals surface area contributed by atoms with Gasteiger partial charge in [0.1, 0.15) is 0 Å². The molecule has 2 rings (SSSR count). The molecule has 0 aliphatic rings. The SMILES string of the molecule is CC(=CC(O)(c1cccs1)C(F)(F)F)c1ccccc1. The molecule has 0 amide bonds. The second-order valence-corrected chi connectivity index (χ2v) is 5.38. The molecule has 1 heterocycles. The summed E-state index contributed by atoms with van der Waals surface area (Å²) in [4.78, 5) is -0.139. The molecule has 0 spiro atoms. The van der Waals surface area contributed by atoms with Crippen molar-refractivity contribution in [2.45, 2.75) is 18.7 Å². The van der Waals surface area contributed by atoms with E-state index in [4.69, 9.17) is 0 Å². The van der Waals surface area contributed by atoms with Crippen LogP contribution in [-0.2, 0) is 5.60 Å². The molecule has 5 heteroatoms. The van der Waals surface area contributed by atoms with E-state index in [0.29, 0.717) is 11.1 Å². The van der Waals surface area contributed by atoms with Gasteiger partial charge in [-0.1, -0.05) is 36.4 Å².